The third-order valence-corrected chi connectivity index (χ3v) is 7.26. The molecule has 0 spiro atoms. The first-order valence-electron chi connectivity index (χ1n) is 11.3. The van der Waals surface area contributed by atoms with Gasteiger partial charge in [0.15, 0.2) is 0 Å². The summed E-state index contributed by atoms with van der Waals surface area (Å²) in [5, 5.41) is 7.36. The Labute approximate surface area is 173 Å². The van der Waals surface area contributed by atoms with Crippen molar-refractivity contribution in [3.8, 4) is 0 Å². The number of thioether (sulfide) groups is 1. The van der Waals surface area contributed by atoms with Gasteiger partial charge in [0, 0.05) is 26.2 Å². The fraction of sp³-hybridized carbons (Fsp3) is 0.955. The summed E-state index contributed by atoms with van der Waals surface area (Å²) >= 11 is 1.83. The van der Waals surface area contributed by atoms with E-state index in [1.165, 1.54) is 51.5 Å². The number of carbonyl (C=O) groups excluding carboxylic acids is 1. The van der Waals surface area contributed by atoms with Gasteiger partial charge < -0.3 is 15.5 Å². The summed E-state index contributed by atoms with van der Waals surface area (Å²) in [6.07, 6.45) is 11.3. The highest BCUT2D eigenvalue weighted by molar-refractivity contribution is 8.01. The van der Waals surface area contributed by atoms with E-state index in [9.17, 15) is 4.79 Å². The van der Waals surface area contributed by atoms with Crippen LogP contribution in [0, 0.1) is 0 Å². The molecule has 27 heavy (non-hydrogen) atoms. The summed E-state index contributed by atoms with van der Waals surface area (Å²) in [5.41, 5.74) is 0. The van der Waals surface area contributed by atoms with E-state index >= 15 is 0 Å². The largest absolute Gasteiger partial charge is 0.314 e. The number of nitrogens with zero attached hydrogens (tertiary/aromatic N) is 1. The summed E-state index contributed by atoms with van der Waals surface area (Å²) in [5.74, 6) is 0.322. The Bertz CT molecular complexity index is 388. The minimum absolute atomic E-state index is 0.253. The van der Waals surface area contributed by atoms with Gasteiger partial charge in [0.05, 0.1) is 10.1 Å². The molecular formula is C22H45N3OS. The molecule has 1 aliphatic heterocycles. The van der Waals surface area contributed by atoms with Crippen LogP contribution in [0.5, 0.6) is 0 Å². The van der Waals surface area contributed by atoms with Gasteiger partial charge in [-0.05, 0) is 53.1 Å². The molecule has 5 heteroatoms. The highest BCUT2D eigenvalue weighted by atomic mass is 32.2. The molecule has 1 aliphatic rings. The average Bonchev–Trinajstić information content (AvgIpc) is 2.65. The van der Waals surface area contributed by atoms with E-state index in [4.69, 9.17) is 0 Å². The van der Waals surface area contributed by atoms with Gasteiger partial charge in [-0.2, -0.15) is 0 Å². The first kappa shape index (κ1) is 24.9. The van der Waals surface area contributed by atoms with Gasteiger partial charge >= 0.3 is 0 Å². The van der Waals surface area contributed by atoms with E-state index in [1.54, 1.807) is 6.92 Å². The lowest BCUT2D eigenvalue weighted by molar-refractivity contribution is -0.119. The van der Waals surface area contributed by atoms with Crippen LogP contribution in [0.25, 0.3) is 0 Å². The van der Waals surface area contributed by atoms with Crippen LogP contribution >= 0.6 is 11.8 Å². The zero-order valence-corrected chi connectivity index (χ0v) is 19.3. The second kappa shape index (κ2) is 14.8. The van der Waals surface area contributed by atoms with Crippen molar-refractivity contribution >= 4 is 17.5 Å². The van der Waals surface area contributed by atoms with Crippen molar-refractivity contribution in [1.29, 1.82) is 0 Å². The normalized spacial score (nSPS) is 19.0. The summed E-state index contributed by atoms with van der Waals surface area (Å²) in [7, 11) is 0. The molecule has 0 aromatic rings. The Hall–Kier alpha value is -0.100. The quantitative estimate of drug-likeness (QED) is 0.297. The Balaban J connectivity index is 2.19. The van der Waals surface area contributed by atoms with Crippen LogP contribution < -0.4 is 10.6 Å². The predicted octanol–water partition coefficient (Wildman–Crippen LogP) is 4.44. The molecule has 0 aliphatic carbocycles. The van der Waals surface area contributed by atoms with Crippen LogP contribution in [0.3, 0.4) is 0 Å². The Morgan fingerprint density at radius 2 is 1.78 bits per heavy atom. The molecule has 1 saturated heterocycles. The van der Waals surface area contributed by atoms with Gasteiger partial charge in [-0.1, -0.05) is 45.4 Å². The number of Topliss-reactive ketones (excluding diaryl/α,β-unsaturated/α-hetero) is 1. The second-order valence-electron chi connectivity index (χ2n) is 8.32. The lowest BCUT2D eigenvalue weighted by atomic mass is 9.99. The highest BCUT2D eigenvalue weighted by Gasteiger charge is 2.31. The number of ketones is 1. The molecule has 2 N–H and O–H groups in total. The van der Waals surface area contributed by atoms with E-state index in [2.05, 4.69) is 36.3 Å². The van der Waals surface area contributed by atoms with Gasteiger partial charge in [0.2, 0.25) is 0 Å². The van der Waals surface area contributed by atoms with Gasteiger partial charge in [0.1, 0.15) is 5.78 Å². The molecule has 0 aromatic carbocycles. The van der Waals surface area contributed by atoms with Gasteiger partial charge in [-0.25, -0.2) is 0 Å². The van der Waals surface area contributed by atoms with Gasteiger partial charge in [-0.15, -0.1) is 11.8 Å². The molecule has 160 valence electrons. The maximum atomic E-state index is 12.3. The van der Waals surface area contributed by atoms with Crippen LogP contribution in [-0.2, 0) is 4.79 Å². The van der Waals surface area contributed by atoms with Gasteiger partial charge in [0.25, 0.3) is 0 Å². The highest BCUT2D eigenvalue weighted by Crippen LogP contribution is 2.34. The zero-order chi connectivity index (χ0) is 20.0. The van der Waals surface area contributed by atoms with E-state index in [0.29, 0.717) is 11.2 Å². The SMILES string of the molecule is CCCCCCCCNC(C)SC(C)(CCCCN1CCNCC1)C(C)=O. The maximum Gasteiger partial charge on any atom is 0.145 e. The fourth-order valence-electron chi connectivity index (χ4n) is 3.69. The molecule has 0 radical (unpaired) electrons. The summed E-state index contributed by atoms with van der Waals surface area (Å²) in [6.45, 7) is 15.2. The van der Waals surface area contributed by atoms with Crippen LogP contribution in [-0.4, -0.2) is 60.1 Å². The first-order chi connectivity index (χ1) is 13.0. The fourth-order valence-corrected chi connectivity index (χ4v) is 5.10. The molecule has 0 aromatic heterocycles. The van der Waals surface area contributed by atoms with Crippen LogP contribution in [0.1, 0.15) is 85.5 Å². The van der Waals surface area contributed by atoms with Crippen molar-refractivity contribution in [3.05, 3.63) is 0 Å². The molecule has 2 atom stereocenters. The summed E-state index contributed by atoms with van der Waals surface area (Å²) < 4.78 is -0.253. The van der Waals surface area contributed by atoms with Crippen LogP contribution in [0.15, 0.2) is 0 Å². The summed E-state index contributed by atoms with van der Waals surface area (Å²) in [6, 6.07) is 0. The number of nitrogens with one attached hydrogen (secondary N) is 2. The van der Waals surface area contributed by atoms with Crippen molar-refractivity contribution in [2.45, 2.75) is 95.6 Å². The van der Waals surface area contributed by atoms with E-state index in [-0.39, 0.29) is 4.75 Å². The molecular weight excluding hydrogens is 354 g/mol. The minimum Gasteiger partial charge on any atom is -0.314 e. The number of unbranched alkanes of at least 4 members (excludes halogenated alkanes) is 6. The van der Waals surface area contributed by atoms with Gasteiger partial charge in [-0.3, -0.25) is 4.79 Å². The average molecular weight is 400 g/mol. The lowest BCUT2D eigenvalue weighted by Gasteiger charge is -2.31. The first-order valence-corrected chi connectivity index (χ1v) is 12.2. The Kier molecular flexibility index (Phi) is 13.7. The molecule has 0 saturated carbocycles. The van der Waals surface area contributed by atoms with Crippen molar-refractivity contribution in [2.75, 3.05) is 39.3 Å². The van der Waals surface area contributed by atoms with E-state index in [0.717, 1.165) is 45.6 Å². The number of carbonyl (C=O) groups is 1. The van der Waals surface area contributed by atoms with Crippen molar-refractivity contribution in [1.82, 2.24) is 15.5 Å². The Morgan fingerprint density at radius 3 is 2.44 bits per heavy atom. The van der Waals surface area contributed by atoms with Crippen molar-refractivity contribution in [2.24, 2.45) is 0 Å². The predicted molar refractivity (Wildman–Crippen MR) is 121 cm³/mol. The molecule has 4 nitrogen and oxygen atoms in total. The molecule has 1 fully saturated rings. The molecule has 1 heterocycles. The maximum absolute atomic E-state index is 12.3. The summed E-state index contributed by atoms with van der Waals surface area (Å²) in [4.78, 5) is 14.8. The topological polar surface area (TPSA) is 44.4 Å². The molecule has 1 rings (SSSR count). The third-order valence-electron chi connectivity index (χ3n) is 5.73. The number of rotatable bonds is 16. The minimum atomic E-state index is -0.253. The molecule has 2 unspecified atom stereocenters. The van der Waals surface area contributed by atoms with Crippen LogP contribution in [0.4, 0.5) is 0 Å². The van der Waals surface area contributed by atoms with E-state index in [1.807, 2.05) is 11.8 Å². The second-order valence-corrected chi connectivity index (χ2v) is 10.2. The number of hydrogen-bond acceptors (Lipinski definition) is 5. The monoisotopic (exact) mass is 399 g/mol. The lowest BCUT2D eigenvalue weighted by Crippen LogP contribution is -2.43. The van der Waals surface area contributed by atoms with Crippen molar-refractivity contribution < 1.29 is 4.79 Å². The zero-order valence-electron chi connectivity index (χ0n) is 18.4. The van der Waals surface area contributed by atoms with Crippen LogP contribution in [0.2, 0.25) is 0 Å². The molecule has 0 bridgehead atoms. The number of piperazine rings is 1. The Morgan fingerprint density at radius 1 is 1.11 bits per heavy atom. The number of hydrogen-bond donors (Lipinski definition) is 2. The third kappa shape index (κ3) is 11.5. The molecule has 0 amide bonds. The van der Waals surface area contributed by atoms with E-state index < -0.39 is 0 Å². The smallest absolute Gasteiger partial charge is 0.145 e. The van der Waals surface area contributed by atoms with Crippen molar-refractivity contribution in [3.63, 3.8) is 0 Å². The standard InChI is InChI=1S/C22H45N3OS/c1-5-6-7-8-9-11-14-24-21(3)27-22(4,20(2)26)13-10-12-17-25-18-15-23-16-19-25/h21,23-24H,5-19H2,1-4H3.